The van der Waals surface area contributed by atoms with Crippen molar-refractivity contribution in [3.05, 3.63) is 28.8 Å². The third kappa shape index (κ3) is 4.43. The highest BCUT2D eigenvalue weighted by atomic mass is 35.5. The fourth-order valence-electron chi connectivity index (χ4n) is 4.95. The molecule has 2 atom stereocenters. The number of carbonyl (C=O) groups is 3. The van der Waals surface area contributed by atoms with Gasteiger partial charge in [-0.15, -0.1) is 0 Å². The van der Waals surface area contributed by atoms with Crippen LogP contribution < -0.4 is 15.4 Å². The Kier molecular flexibility index (Phi) is 5.66. The van der Waals surface area contributed by atoms with Gasteiger partial charge in [-0.2, -0.15) is 0 Å². The van der Waals surface area contributed by atoms with Crippen LogP contribution in [0.1, 0.15) is 69.7 Å². The SMILES string of the molecule is CC(C)(C)OC(=O)NC12CCC(NC(=O)[C@H]3CC(=O)c4cc(Cl)ccc4O3)(CC1)C[C@@H]2O. The van der Waals surface area contributed by atoms with E-state index in [4.69, 9.17) is 21.1 Å². The molecule has 32 heavy (non-hydrogen) atoms. The van der Waals surface area contributed by atoms with Crippen molar-refractivity contribution in [2.75, 3.05) is 0 Å². The molecule has 1 aromatic carbocycles. The second-order valence-electron chi connectivity index (χ2n) is 10.1. The van der Waals surface area contributed by atoms with Crippen LogP contribution in [0.15, 0.2) is 18.2 Å². The van der Waals surface area contributed by atoms with E-state index in [0.29, 0.717) is 48.4 Å². The number of ether oxygens (including phenoxy) is 2. The number of fused-ring (bicyclic) bond motifs is 4. The molecule has 3 aliphatic carbocycles. The lowest BCUT2D eigenvalue weighted by Gasteiger charge is -2.56. The van der Waals surface area contributed by atoms with E-state index in [-0.39, 0.29) is 18.1 Å². The summed E-state index contributed by atoms with van der Waals surface area (Å²) in [5.74, 6) is -0.226. The number of amides is 2. The van der Waals surface area contributed by atoms with Gasteiger partial charge in [0.25, 0.3) is 5.91 Å². The van der Waals surface area contributed by atoms with Crippen molar-refractivity contribution >= 4 is 29.4 Å². The van der Waals surface area contributed by atoms with E-state index in [2.05, 4.69) is 10.6 Å². The Morgan fingerprint density at radius 2 is 1.88 bits per heavy atom. The molecule has 5 rings (SSSR count). The van der Waals surface area contributed by atoms with Crippen LogP contribution in [0.25, 0.3) is 0 Å². The Labute approximate surface area is 192 Å². The van der Waals surface area contributed by atoms with Gasteiger partial charge in [-0.3, -0.25) is 9.59 Å². The molecule has 9 heteroatoms. The smallest absolute Gasteiger partial charge is 0.408 e. The number of ketones is 1. The van der Waals surface area contributed by atoms with Gasteiger partial charge in [-0.25, -0.2) is 4.79 Å². The summed E-state index contributed by atoms with van der Waals surface area (Å²) in [5, 5.41) is 17.2. The third-order valence-electron chi connectivity index (χ3n) is 6.63. The van der Waals surface area contributed by atoms with E-state index in [9.17, 15) is 19.5 Å². The number of rotatable bonds is 3. The van der Waals surface area contributed by atoms with Gasteiger partial charge in [0.15, 0.2) is 11.9 Å². The molecular formula is C23H29ClN2O6. The number of benzene rings is 1. The lowest BCUT2D eigenvalue weighted by molar-refractivity contribution is -0.134. The van der Waals surface area contributed by atoms with Gasteiger partial charge in [0.05, 0.1) is 23.6 Å². The third-order valence-corrected chi connectivity index (χ3v) is 6.87. The maximum Gasteiger partial charge on any atom is 0.408 e. The van der Waals surface area contributed by atoms with Gasteiger partial charge in [0.2, 0.25) is 0 Å². The second kappa shape index (κ2) is 7.92. The van der Waals surface area contributed by atoms with Crippen LogP contribution in [0.3, 0.4) is 0 Å². The molecule has 0 unspecified atom stereocenters. The fourth-order valence-corrected chi connectivity index (χ4v) is 5.13. The summed E-state index contributed by atoms with van der Waals surface area (Å²) in [4.78, 5) is 37.8. The standard InChI is InChI=1S/C23H29ClN2O6/c1-21(2,3)32-20(30)26-23-8-6-22(7-9-23,12-18(23)28)25-19(29)17-11-15(27)14-10-13(24)4-5-16(14)31-17/h4-5,10,17-18,28H,6-9,11-12H2,1-3H3,(H,25,29)(H,26,30)/t17-,18+,22?,23?/m1/s1. The summed E-state index contributed by atoms with van der Waals surface area (Å²) in [6.07, 6.45) is 0.146. The molecule has 3 fully saturated rings. The molecule has 0 saturated heterocycles. The van der Waals surface area contributed by atoms with E-state index < -0.39 is 35.0 Å². The molecule has 2 amide bonds. The van der Waals surface area contributed by atoms with E-state index in [1.807, 2.05) is 0 Å². The molecule has 3 N–H and O–H groups in total. The molecule has 8 nitrogen and oxygen atoms in total. The van der Waals surface area contributed by atoms with Gasteiger partial charge >= 0.3 is 6.09 Å². The molecule has 0 spiro atoms. The summed E-state index contributed by atoms with van der Waals surface area (Å²) >= 11 is 5.95. The Hall–Kier alpha value is -2.32. The highest BCUT2D eigenvalue weighted by Crippen LogP contribution is 2.47. The average molecular weight is 465 g/mol. The number of carbonyl (C=O) groups excluding carboxylic acids is 3. The topological polar surface area (TPSA) is 114 Å². The molecule has 0 aromatic heterocycles. The van der Waals surface area contributed by atoms with Crippen LogP contribution in [0.2, 0.25) is 5.02 Å². The van der Waals surface area contributed by atoms with Crippen LogP contribution in [-0.2, 0) is 9.53 Å². The predicted octanol–water partition coefficient (Wildman–Crippen LogP) is 3.13. The Morgan fingerprint density at radius 3 is 2.50 bits per heavy atom. The normalized spacial score (nSPS) is 31.3. The van der Waals surface area contributed by atoms with Crippen LogP contribution in [-0.4, -0.2) is 51.8 Å². The zero-order chi connectivity index (χ0) is 23.3. The molecule has 0 radical (unpaired) electrons. The van der Waals surface area contributed by atoms with E-state index in [1.165, 1.54) is 0 Å². The van der Waals surface area contributed by atoms with Crippen molar-refractivity contribution in [1.29, 1.82) is 0 Å². The molecule has 3 saturated carbocycles. The van der Waals surface area contributed by atoms with Crippen molar-refractivity contribution in [3.8, 4) is 5.75 Å². The Bertz CT molecular complexity index is 948. The van der Waals surface area contributed by atoms with E-state index in [0.717, 1.165) is 0 Å². The number of nitrogens with one attached hydrogen (secondary N) is 2. The molecule has 4 aliphatic rings. The zero-order valence-electron chi connectivity index (χ0n) is 18.5. The molecule has 1 aromatic rings. The summed E-state index contributed by atoms with van der Waals surface area (Å²) in [6.45, 7) is 5.36. The zero-order valence-corrected chi connectivity index (χ0v) is 19.3. The number of aliphatic hydroxyl groups is 1. The van der Waals surface area contributed by atoms with Crippen molar-refractivity contribution < 1.29 is 29.0 Å². The minimum absolute atomic E-state index is 0.0675. The molecule has 174 valence electrons. The lowest BCUT2D eigenvalue weighted by Crippen LogP contribution is -2.71. The highest BCUT2D eigenvalue weighted by Gasteiger charge is 2.56. The maximum atomic E-state index is 13.0. The number of Topliss-reactive ketones (excluding diaryl/α,β-unsaturated/α-hetero) is 1. The van der Waals surface area contributed by atoms with Gasteiger partial charge < -0.3 is 25.2 Å². The van der Waals surface area contributed by atoms with Crippen molar-refractivity contribution in [2.45, 2.75) is 88.2 Å². The quantitative estimate of drug-likeness (QED) is 0.633. The first kappa shape index (κ1) is 22.9. The number of halogens is 1. The van der Waals surface area contributed by atoms with Crippen molar-refractivity contribution in [3.63, 3.8) is 0 Å². The Balaban J connectivity index is 1.40. The number of hydrogen-bond donors (Lipinski definition) is 3. The van der Waals surface area contributed by atoms with E-state index >= 15 is 0 Å². The van der Waals surface area contributed by atoms with Crippen LogP contribution >= 0.6 is 11.6 Å². The van der Waals surface area contributed by atoms with Gasteiger partial charge in [0.1, 0.15) is 11.4 Å². The van der Waals surface area contributed by atoms with E-state index in [1.54, 1.807) is 39.0 Å². The lowest BCUT2D eigenvalue weighted by atomic mass is 9.60. The van der Waals surface area contributed by atoms with Crippen LogP contribution in [0, 0.1) is 0 Å². The summed E-state index contributed by atoms with van der Waals surface area (Å²) < 4.78 is 11.1. The summed E-state index contributed by atoms with van der Waals surface area (Å²) in [7, 11) is 0. The number of aliphatic hydroxyl groups excluding tert-OH is 1. The average Bonchev–Trinajstić information content (AvgIpc) is 2.68. The van der Waals surface area contributed by atoms with Gasteiger partial charge in [-0.05, 0) is 71.1 Å². The largest absolute Gasteiger partial charge is 0.479 e. The number of alkyl carbamates (subject to hydrolysis) is 1. The minimum Gasteiger partial charge on any atom is -0.479 e. The summed E-state index contributed by atoms with van der Waals surface area (Å²) in [6, 6.07) is 4.75. The van der Waals surface area contributed by atoms with Crippen LogP contribution in [0.5, 0.6) is 5.75 Å². The monoisotopic (exact) mass is 464 g/mol. The van der Waals surface area contributed by atoms with Crippen molar-refractivity contribution in [2.24, 2.45) is 0 Å². The van der Waals surface area contributed by atoms with Crippen LogP contribution in [0.4, 0.5) is 4.79 Å². The number of hydrogen-bond acceptors (Lipinski definition) is 6. The first-order valence-corrected chi connectivity index (χ1v) is 11.3. The molecule has 2 bridgehead atoms. The maximum absolute atomic E-state index is 13.0. The summed E-state index contributed by atoms with van der Waals surface area (Å²) in [5.41, 5.74) is -1.61. The first-order valence-electron chi connectivity index (χ1n) is 10.9. The minimum atomic E-state index is -0.934. The Morgan fingerprint density at radius 1 is 1.19 bits per heavy atom. The highest BCUT2D eigenvalue weighted by molar-refractivity contribution is 6.31. The second-order valence-corrected chi connectivity index (χ2v) is 10.6. The van der Waals surface area contributed by atoms with Gasteiger partial charge in [-0.1, -0.05) is 11.6 Å². The predicted molar refractivity (Wildman–Crippen MR) is 117 cm³/mol. The van der Waals surface area contributed by atoms with Crippen molar-refractivity contribution in [1.82, 2.24) is 10.6 Å². The molecular weight excluding hydrogens is 436 g/mol. The fraction of sp³-hybridized carbons (Fsp3) is 0.609. The van der Waals surface area contributed by atoms with Gasteiger partial charge in [0, 0.05) is 10.6 Å². The first-order chi connectivity index (χ1) is 14.9. The molecule has 1 heterocycles. The molecule has 1 aliphatic heterocycles.